The summed E-state index contributed by atoms with van der Waals surface area (Å²) in [7, 11) is -3.40. The minimum atomic E-state index is -3.40. The molecular formula is C26H28N2O5S. The molecule has 3 aromatic rings. The molecule has 34 heavy (non-hydrogen) atoms. The van der Waals surface area contributed by atoms with E-state index in [1.807, 2.05) is 19.1 Å². The van der Waals surface area contributed by atoms with E-state index in [-0.39, 0.29) is 16.1 Å². The van der Waals surface area contributed by atoms with Crippen LogP contribution in [-0.4, -0.2) is 31.2 Å². The number of amides is 1. The van der Waals surface area contributed by atoms with Crippen LogP contribution >= 0.6 is 0 Å². The standard InChI is InChI=1S/C26H28N2O5S/c1-2-32-25-16-20(10-11-24(25)33-18-19-12-14-27-15-13-19)26(29)28-21-6-5-9-23(17-21)34(30,31)22-7-3-4-8-22/h5-6,9-17,22H,2-4,7-8,18H2,1H3,(H,28,29). The molecule has 1 heterocycles. The van der Waals surface area contributed by atoms with Gasteiger partial charge in [-0.3, -0.25) is 9.78 Å². The topological polar surface area (TPSA) is 94.6 Å². The van der Waals surface area contributed by atoms with Gasteiger partial charge in [0, 0.05) is 23.6 Å². The molecule has 0 saturated heterocycles. The van der Waals surface area contributed by atoms with Crippen LogP contribution < -0.4 is 14.8 Å². The van der Waals surface area contributed by atoms with E-state index in [0.717, 1.165) is 18.4 Å². The Kier molecular flexibility index (Phi) is 7.47. The van der Waals surface area contributed by atoms with Crippen LogP contribution in [0.4, 0.5) is 5.69 Å². The molecule has 0 spiro atoms. The SMILES string of the molecule is CCOc1cc(C(=O)Nc2cccc(S(=O)(=O)C3CCCC3)c2)ccc1OCc1ccncc1. The molecule has 0 aliphatic heterocycles. The van der Waals surface area contributed by atoms with Gasteiger partial charge in [-0.2, -0.15) is 0 Å². The van der Waals surface area contributed by atoms with E-state index in [9.17, 15) is 13.2 Å². The normalized spacial score (nSPS) is 14.0. The van der Waals surface area contributed by atoms with Crippen molar-refractivity contribution in [3.63, 3.8) is 0 Å². The van der Waals surface area contributed by atoms with E-state index < -0.39 is 9.84 Å². The summed E-state index contributed by atoms with van der Waals surface area (Å²) in [5.41, 5.74) is 1.77. The van der Waals surface area contributed by atoms with Crippen molar-refractivity contribution in [1.29, 1.82) is 0 Å². The first-order chi connectivity index (χ1) is 16.5. The summed E-state index contributed by atoms with van der Waals surface area (Å²) in [6.07, 6.45) is 6.64. The number of carbonyl (C=O) groups is 1. The Morgan fingerprint density at radius 1 is 1.00 bits per heavy atom. The number of hydrogen-bond acceptors (Lipinski definition) is 6. The molecule has 2 aromatic carbocycles. The van der Waals surface area contributed by atoms with E-state index in [4.69, 9.17) is 9.47 Å². The number of hydrogen-bond donors (Lipinski definition) is 1. The molecule has 1 aromatic heterocycles. The van der Waals surface area contributed by atoms with Crippen LogP contribution in [0, 0.1) is 0 Å². The zero-order valence-corrected chi connectivity index (χ0v) is 19.9. The molecule has 1 aliphatic carbocycles. The average Bonchev–Trinajstić information content (AvgIpc) is 3.40. The van der Waals surface area contributed by atoms with Crippen molar-refractivity contribution in [1.82, 2.24) is 4.98 Å². The van der Waals surface area contributed by atoms with Crippen molar-refractivity contribution >= 4 is 21.4 Å². The van der Waals surface area contributed by atoms with Gasteiger partial charge in [0.2, 0.25) is 0 Å². The Morgan fingerprint density at radius 2 is 1.76 bits per heavy atom. The van der Waals surface area contributed by atoms with E-state index in [1.165, 1.54) is 6.07 Å². The lowest BCUT2D eigenvalue weighted by Gasteiger charge is -2.14. The van der Waals surface area contributed by atoms with Crippen LogP contribution in [0.3, 0.4) is 0 Å². The van der Waals surface area contributed by atoms with Gasteiger partial charge in [-0.15, -0.1) is 0 Å². The van der Waals surface area contributed by atoms with Crippen molar-refractivity contribution in [3.8, 4) is 11.5 Å². The van der Waals surface area contributed by atoms with Crippen LogP contribution in [-0.2, 0) is 16.4 Å². The molecule has 0 radical (unpaired) electrons. The second-order valence-corrected chi connectivity index (χ2v) is 10.4. The first-order valence-electron chi connectivity index (χ1n) is 11.4. The van der Waals surface area contributed by atoms with Gasteiger partial charge in [-0.25, -0.2) is 8.42 Å². The van der Waals surface area contributed by atoms with E-state index in [0.29, 0.717) is 48.8 Å². The summed E-state index contributed by atoms with van der Waals surface area (Å²) in [5.74, 6) is 0.624. The number of benzene rings is 2. The Morgan fingerprint density at radius 3 is 2.50 bits per heavy atom. The van der Waals surface area contributed by atoms with Gasteiger partial charge in [0.1, 0.15) is 6.61 Å². The number of sulfone groups is 1. The number of aromatic nitrogens is 1. The fraction of sp³-hybridized carbons (Fsp3) is 0.308. The fourth-order valence-electron chi connectivity index (χ4n) is 4.02. The van der Waals surface area contributed by atoms with Crippen molar-refractivity contribution < 1.29 is 22.7 Å². The minimum Gasteiger partial charge on any atom is -0.490 e. The van der Waals surface area contributed by atoms with E-state index >= 15 is 0 Å². The molecule has 1 amide bonds. The quantitative estimate of drug-likeness (QED) is 0.462. The zero-order chi connectivity index (χ0) is 24.0. The summed E-state index contributed by atoms with van der Waals surface area (Å²) in [4.78, 5) is 17.2. The number of pyridine rings is 1. The summed E-state index contributed by atoms with van der Waals surface area (Å²) in [5, 5.41) is 2.46. The van der Waals surface area contributed by atoms with Crippen LogP contribution in [0.1, 0.15) is 48.5 Å². The molecule has 1 aliphatic rings. The predicted octanol–water partition coefficient (Wildman–Crippen LogP) is 5.03. The highest BCUT2D eigenvalue weighted by Crippen LogP contribution is 2.32. The third-order valence-corrected chi connectivity index (χ3v) is 8.07. The highest BCUT2D eigenvalue weighted by Gasteiger charge is 2.30. The maximum atomic E-state index is 12.9. The van der Waals surface area contributed by atoms with E-state index in [1.54, 1.807) is 48.8 Å². The van der Waals surface area contributed by atoms with Crippen molar-refractivity contribution in [2.24, 2.45) is 0 Å². The molecule has 1 saturated carbocycles. The Hall–Kier alpha value is -3.39. The number of rotatable bonds is 9. The smallest absolute Gasteiger partial charge is 0.255 e. The summed E-state index contributed by atoms with van der Waals surface area (Å²) in [6.45, 7) is 2.61. The minimum absolute atomic E-state index is 0.243. The number of nitrogens with one attached hydrogen (secondary N) is 1. The third-order valence-electron chi connectivity index (χ3n) is 5.81. The number of carbonyl (C=O) groups excluding carboxylic acids is 1. The van der Waals surface area contributed by atoms with Gasteiger partial charge in [-0.1, -0.05) is 18.9 Å². The van der Waals surface area contributed by atoms with Gasteiger partial charge in [0.25, 0.3) is 5.91 Å². The molecule has 4 rings (SSSR count). The predicted molar refractivity (Wildman–Crippen MR) is 130 cm³/mol. The molecule has 7 nitrogen and oxygen atoms in total. The molecule has 8 heteroatoms. The lowest BCUT2D eigenvalue weighted by atomic mass is 10.1. The van der Waals surface area contributed by atoms with Gasteiger partial charge in [-0.05, 0) is 73.9 Å². The van der Waals surface area contributed by atoms with Gasteiger partial charge >= 0.3 is 0 Å². The maximum absolute atomic E-state index is 12.9. The molecule has 178 valence electrons. The summed E-state index contributed by atoms with van der Waals surface area (Å²) in [6, 6.07) is 15.2. The first kappa shape index (κ1) is 23.8. The van der Waals surface area contributed by atoms with Crippen molar-refractivity contribution in [3.05, 3.63) is 78.1 Å². The molecular weight excluding hydrogens is 452 g/mol. The van der Waals surface area contributed by atoms with Crippen LogP contribution in [0.5, 0.6) is 11.5 Å². The van der Waals surface area contributed by atoms with Gasteiger partial charge < -0.3 is 14.8 Å². The molecule has 0 atom stereocenters. The van der Waals surface area contributed by atoms with Gasteiger partial charge in [0.15, 0.2) is 21.3 Å². The van der Waals surface area contributed by atoms with Crippen LogP contribution in [0.15, 0.2) is 71.9 Å². The maximum Gasteiger partial charge on any atom is 0.255 e. The highest BCUT2D eigenvalue weighted by molar-refractivity contribution is 7.92. The monoisotopic (exact) mass is 480 g/mol. The second kappa shape index (κ2) is 10.7. The third kappa shape index (κ3) is 5.56. The molecule has 1 fully saturated rings. The van der Waals surface area contributed by atoms with Gasteiger partial charge in [0.05, 0.1) is 16.8 Å². The second-order valence-electron chi connectivity index (χ2n) is 8.17. The van der Waals surface area contributed by atoms with E-state index in [2.05, 4.69) is 10.3 Å². The summed E-state index contributed by atoms with van der Waals surface area (Å²) < 4.78 is 37.4. The summed E-state index contributed by atoms with van der Waals surface area (Å²) >= 11 is 0. The fourth-order valence-corrected chi connectivity index (χ4v) is 5.92. The van der Waals surface area contributed by atoms with Crippen LogP contribution in [0.25, 0.3) is 0 Å². The van der Waals surface area contributed by atoms with Crippen molar-refractivity contribution in [2.45, 2.75) is 49.4 Å². The number of ether oxygens (including phenoxy) is 2. The Bertz CT molecular complexity index is 1240. The average molecular weight is 481 g/mol. The number of nitrogens with zero attached hydrogens (tertiary/aromatic N) is 1. The highest BCUT2D eigenvalue weighted by atomic mass is 32.2. The lowest BCUT2D eigenvalue weighted by Crippen LogP contribution is -2.18. The Labute approximate surface area is 200 Å². The van der Waals surface area contributed by atoms with Crippen LogP contribution in [0.2, 0.25) is 0 Å². The first-order valence-corrected chi connectivity index (χ1v) is 13.0. The Balaban J connectivity index is 1.49. The molecule has 1 N–H and O–H groups in total. The molecule has 0 unspecified atom stereocenters. The largest absolute Gasteiger partial charge is 0.490 e. The number of anilines is 1. The lowest BCUT2D eigenvalue weighted by molar-refractivity contribution is 0.102. The zero-order valence-electron chi connectivity index (χ0n) is 19.1. The van der Waals surface area contributed by atoms with Crippen molar-refractivity contribution in [2.75, 3.05) is 11.9 Å². The molecule has 0 bridgehead atoms.